The van der Waals surface area contributed by atoms with Crippen LogP contribution < -0.4 is 4.90 Å². The molecule has 0 fully saturated rings. The number of halogens is 2. The number of anilines is 3. The Kier molecular flexibility index (Phi) is 8.00. The van der Waals surface area contributed by atoms with Crippen molar-refractivity contribution in [3.05, 3.63) is 160 Å². The fourth-order valence-corrected chi connectivity index (χ4v) is 8.44. The summed E-state index contributed by atoms with van der Waals surface area (Å²) in [6.45, 7) is 8.86. The van der Waals surface area contributed by atoms with E-state index in [1.165, 1.54) is 59.4 Å². The minimum absolute atomic E-state index is 0.00491. The van der Waals surface area contributed by atoms with E-state index in [2.05, 4.69) is 165 Å². The first-order valence-corrected chi connectivity index (χ1v) is 18.2. The van der Waals surface area contributed by atoms with Gasteiger partial charge in [-0.3, -0.25) is 0 Å². The van der Waals surface area contributed by atoms with Gasteiger partial charge in [0, 0.05) is 21.2 Å². The minimum Gasteiger partial charge on any atom is -0.307 e. The summed E-state index contributed by atoms with van der Waals surface area (Å²) in [6, 6.07) is 48.1. The van der Waals surface area contributed by atoms with Crippen LogP contribution in [0.1, 0.15) is 31.9 Å². The van der Waals surface area contributed by atoms with Crippen molar-refractivity contribution in [2.45, 2.75) is 33.1 Å². The minimum atomic E-state index is 0.00491. The van der Waals surface area contributed by atoms with Gasteiger partial charge in [-0.15, -0.1) is 11.3 Å². The van der Waals surface area contributed by atoms with E-state index in [-0.39, 0.29) is 5.41 Å². The summed E-state index contributed by atoms with van der Waals surface area (Å²) in [4.78, 5) is 2.30. The quantitative estimate of drug-likeness (QED) is 0.162. The van der Waals surface area contributed by atoms with Crippen LogP contribution in [0, 0.1) is 6.92 Å². The number of rotatable bonds is 5. The molecule has 0 aliphatic heterocycles. The highest BCUT2D eigenvalue weighted by Crippen LogP contribution is 2.50. The number of fused-ring (bicyclic) bond motifs is 3. The predicted octanol–water partition coefficient (Wildman–Crippen LogP) is 14.9. The van der Waals surface area contributed by atoms with Gasteiger partial charge >= 0.3 is 0 Å². The van der Waals surface area contributed by atoms with E-state index in [9.17, 15) is 0 Å². The SMILES string of the molecule is Cc1cc(Cl)c(Cl)c(N(c2ccc3c(-c4ccccc4)c4ccccc4c(-c4ccccc4)c3c2)c2csc3ccc(C(C)(C)C)cc23)c1. The molecule has 7 aromatic carbocycles. The molecule has 0 N–H and O–H groups in total. The number of thiophene rings is 1. The highest BCUT2D eigenvalue weighted by atomic mass is 35.5. The fourth-order valence-electron chi connectivity index (χ4n) is 7.07. The van der Waals surface area contributed by atoms with Gasteiger partial charge in [0.05, 0.1) is 21.4 Å². The molecule has 0 saturated heterocycles. The lowest BCUT2D eigenvalue weighted by Gasteiger charge is -2.28. The highest BCUT2D eigenvalue weighted by molar-refractivity contribution is 7.17. The Labute approximate surface area is 302 Å². The van der Waals surface area contributed by atoms with Gasteiger partial charge in [-0.05, 0) is 104 Å². The third-order valence-corrected chi connectivity index (χ3v) is 11.2. The van der Waals surface area contributed by atoms with Crippen molar-refractivity contribution in [2.75, 3.05) is 4.90 Å². The first kappa shape index (κ1) is 31.7. The van der Waals surface area contributed by atoms with Crippen molar-refractivity contribution >= 4 is 83.2 Å². The molecule has 240 valence electrons. The Bertz CT molecular complexity index is 2510. The molecule has 8 rings (SSSR count). The average Bonchev–Trinajstić information content (AvgIpc) is 3.52. The maximum Gasteiger partial charge on any atom is 0.0833 e. The Morgan fingerprint density at radius 2 is 1.14 bits per heavy atom. The molecule has 0 unspecified atom stereocenters. The van der Waals surface area contributed by atoms with Crippen LogP contribution >= 0.6 is 34.5 Å². The number of nitrogens with zero attached hydrogens (tertiary/aromatic N) is 1. The van der Waals surface area contributed by atoms with Gasteiger partial charge in [0.2, 0.25) is 0 Å². The summed E-state index contributed by atoms with van der Waals surface area (Å²) in [7, 11) is 0. The molecule has 0 radical (unpaired) electrons. The van der Waals surface area contributed by atoms with Crippen molar-refractivity contribution in [3.63, 3.8) is 0 Å². The lowest BCUT2D eigenvalue weighted by atomic mass is 9.85. The van der Waals surface area contributed by atoms with Crippen LogP contribution in [0.15, 0.2) is 139 Å². The normalized spacial score (nSPS) is 11.9. The Hall–Kier alpha value is -4.60. The van der Waals surface area contributed by atoms with Gasteiger partial charge in [0.15, 0.2) is 0 Å². The van der Waals surface area contributed by atoms with Crippen LogP contribution in [-0.4, -0.2) is 0 Å². The summed E-state index contributed by atoms with van der Waals surface area (Å²) in [6.07, 6.45) is 0. The van der Waals surface area contributed by atoms with Gasteiger partial charge < -0.3 is 4.90 Å². The van der Waals surface area contributed by atoms with E-state index in [1.807, 2.05) is 6.07 Å². The molecular weight excluding hydrogens is 657 g/mol. The van der Waals surface area contributed by atoms with Crippen LogP contribution in [0.2, 0.25) is 10.0 Å². The van der Waals surface area contributed by atoms with Gasteiger partial charge in [-0.1, -0.05) is 141 Å². The monoisotopic (exact) mass is 691 g/mol. The lowest BCUT2D eigenvalue weighted by Crippen LogP contribution is -2.12. The summed E-state index contributed by atoms with van der Waals surface area (Å²) < 4.78 is 1.23. The second-order valence-electron chi connectivity index (χ2n) is 13.8. The summed E-state index contributed by atoms with van der Waals surface area (Å²) in [5.74, 6) is 0. The van der Waals surface area contributed by atoms with Gasteiger partial charge in [-0.25, -0.2) is 0 Å². The van der Waals surface area contributed by atoms with Crippen molar-refractivity contribution < 1.29 is 0 Å². The zero-order valence-electron chi connectivity index (χ0n) is 27.9. The molecule has 0 atom stereocenters. The van der Waals surface area contributed by atoms with Crippen LogP contribution in [0.5, 0.6) is 0 Å². The highest BCUT2D eigenvalue weighted by Gasteiger charge is 2.24. The summed E-state index contributed by atoms with van der Waals surface area (Å²) in [5, 5.41) is 9.35. The molecule has 1 nitrogen and oxygen atoms in total. The van der Waals surface area contributed by atoms with Crippen LogP contribution in [0.25, 0.3) is 53.9 Å². The van der Waals surface area contributed by atoms with E-state index in [0.717, 1.165) is 22.6 Å². The topological polar surface area (TPSA) is 3.24 Å². The molecule has 4 heteroatoms. The molecule has 0 aliphatic rings. The zero-order valence-corrected chi connectivity index (χ0v) is 30.2. The second-order valence-corrected chi connectivity index (χ2v) is 15.5. The second kappa shape index (κ2) is 12.4. The first-order valence-electron chi connectivity index (χ1n) is 16.6. The smallest absolute Gasteiger partial charge is 0.0833 e. The standard InChI is InChI=1S/C45H35Cl2NS/c1-28-23-38(46)44(47)39(24-28)48(40-27-49-41-22-19-31(25-37(40)41)45(2,3)4)32-20-21-35-36(26-32)43(30-15-9-6-10-16-30)34-18-12-11-17-33(34)42(35)29-13-7-5-8-14-29/h5-27H,1-4H3. The summed E-state index contributed by atoms with van der Waals surface area (Å²) >= 11 is 15.7. The molecule has 0 saturated carbocycles. The van der Waals surface area contributed by atoms with E-state index < -0.39 is 0 Å². The van der Waals surface area contributed by atoms with Crippen LogP contribution in [0.3, 0.4) is 0 Å². The number of hydrogen-bond donors (Lipinski definition) is 0. The van der Waals surface area contributed by atoms with E-state index in [0.29, 0.717) is 10.0 Å². The van der Waals surface area contributed by atoms with Crippen LogP contribution in [0.4, 0.5) is 17.1 Å². The Morgan fingerprint density at radius 3 is 1.78 bits per heavy atom. The molecular formula is C45H35Cl2NS. The van der Waals surface area contributed by atoms with E-state index in [4.69, 9.17) is 23.2 Å². The largest absolute Gasteiger partial charge is 0.307 e. The van der Waals surface area contributed by atoms with Crippen molar-refractivity contribution in [3.8, 4) is 22.3 Å². The Balaban J connectivity index is 1.50. The van der Waals surface area contributed by atoms with Crippen molar-refractivity contribution in [1.82, 2.24) is 0 Å². The first-order chi connectivity index (χ1) is 23.7. The van der Waals surface area contributed by atoms with E-state index >= 15 is 0 Å². The number of hydrogen-bond acceptors (Lipinski definition) is 2. The third-order valence-electron chi connectivity index (χ3n) is 9.44. The number of benzene rings is 7. The number of aryl methyl sites for hydroxylation is 1. The van der Waals surface area contributed by atoms with Gasteiger partial charge in [0.1, 0.15) is 0 Å². The molecule has 49 heavy (non-hydrogen) atoms. The van der Waals surface area contributed by atoms with Crippen LogP contribution in [-0.2, 0) is 5.41 Å². The molecule has 0 bridgehead atoms. The average molecular weight is 693 g/mol. The maximum atomic E-state index is 7.14. The molecule has 0 aliphatic carbocycles. The van der Waals surface area contributed by atoms with Gasteiger partial charge in [-0.2, -0.15) is 0 Å². The zero-order chi connectivity index (χ0) is 33.9. The molecule has 1 heterocycles. The molecule has 1 aromatic heterocycles. The third kappa shape index (κ3) is 5.59. The molecule has 0 spiro atoms. The van der Waals surface area contributed by atoms with Crippen molar-refractivity contribution in [2.24, 2.45) is 0 Å². The maximum absolute atomic E-state index is 7.14. The van der Waals surface area contributed by atoms with Gasteiger partial charge in [0.25, 0.3) is 0 Å². The Morgan fingerprint density at radius 1 is 0.551 bits per heavy atom. The van der Waals surface area contributed by atoms with Crippen molar-refractivity contribution in [1.29, 1.82) is 0 Å². The molecule has 0 amide bonds. The summed E-state index contributed by atoms with van der Waals surface area (Å²) in [5.41, 5.74) is 10.1. The lowest BCUT2D eigenvalue weighted by molar-refractivity contribution is 0.591. The fraction of sp³-hybridized carbons (Fsp3) is 0.111. The van der Waals surface area contributed by atoms with E-state index in [1.54, 1.807) is 11.3 Å². The molecule has 8 aromatic rings. The predicted molar refractivity (Wildman–Crippen MR) is 216 cm³/mol.